The molecule has 1 aliphatic heterocycles. The van der Waals surface area contributed by atoms with Crippen LogP contribution in [0.5, 0.6) is 0 Å². The molecule has 2 aliphatic rings. The fraction of sp³-hybridized carbons (Fsp3) is 0.500. The van der Waals surface area contributed by atoms with Crippen LogP contribution in [0.1, 0.15) is 39.5 Å². The van der Waals surface area contributed by atoms with E-state index in [0.717, 1.165) is 70.5 Å². The van der Waals surface area contributed by atoms with Gasteiger partial charge in [0, 0.05) is 44.0 Å². The molecule has 4 heteroatoms. The van der Waals surface area contributed by atoms with Crippen molar-refractivity contribution < 1.29 is 4.79 Å². The molecule has 1 aromatic carbocycles. The molecule has 1 unspecified atom stereocenters. The van der Waals surface area contributed by atoms with E-state index < -0.39 is 0 Å². The van der Waals surface area contributed by atoms with Crippen LogP contribution in [0, 0.1) is 5.92 Å². The molecular weight excluding hydrogens is 370 g/mol. The molecule has 0 saturated carbocycles. The minimum absolute atomic E-state index is 0.0941. The Bertz CT molecular complexity index is 758. The van der Waals surface area contributed by atoms with Crippen molar-refractivity contribution in [3.8, 4) is 0 Å². The lowest BCUT2D eigenvalue weighted by molar-refractivity contribution is -0.117. The van der Waals surface area contributed by atoms with Crippen LogP contribution in [-0.2, 0) is 4.79 Å². The largest absolute Gasteiger partial charge is 0.369 e. The number of carbonyl (C=O) groups is 1. The van der Waals surface area contributed by atoms with Crippen molar-refractivity contribution in [1.82, 2.24) is 10.2 Å². The van der Waals surface area contributed by atoms with Gasteiger partial charge in [0.15, 0.2) is 0 Å². The van der Waals surface area contributed by atoms with E-state index in [1.165, 1.54) is 11.3 Å². The number of amides is 1. The Hall–Kier alpha value is -2.33. The highest BCUT2D eigenvalue weighted by molar-refractivity contribution is 5.93. The number of piperazine rings is 1. The van der Waals surface area contributed by atoms with Crippen LogP contribution < -0.4 is 10.2 Å². The van der Waals surface area contributed by atoms with Gasteiger partial charge in [-0.25, -0.2) is 0 Å². The van der Waals surface area contributed by atoms with E-state index in [-0.39, 0.29) is 5.91 Å². The second-order valence-electron chi connectivity index (χ2n) is 8.38. The molecule has 1 heterocycles. The highest BCUT2D eigenvalue weighted by Gasteiger charge is 2.16. The lowest BCUT2D eigenvalue weighted by atomic mass is 9.91. The molecule has 1 aromatic rings. The van der Waals surface area contributed by atoms with Gasteiger partial charge in [-0.15, -0.1) is 0 Å². The van der Waals surface area contributed by atoms with E-state index in [1.54, 1.807) is 0 Å². The first-order valence-corrected chi connectivity index (χ1v) is 11.5. The Morgan fingerprint density at radius 3 is 2.60 bits per heavy atom. The number of hydrogen-bond acceptors (Lipinski definition) is 3. The van der Waals surface area contributed by atoms with Crippen LogP contribution in [-0.4, -0.2) is 50.1 Å². The number of allylic oxidation sites excluding steroid dienone is 5. The molecule has 0 aromatic heterocycles. The zero-order chi connectivity index (χ0) is 21.2. The molecule has 162 valence electrons. The molecular formula is C26H37N3O. The van der Waals surface area contributed by atoms with E-state index >= 15 is 0 Å². The zero-order valence-electron chi connectivity index (χ0n) is 18.6. The van der Waals surface area contributed by atoms with Crippen molar-refractivity contribution in [1.29, 1.82) is 0 Å². The summed E-state index contributed by atoms with van der Waals surface area (Å²) in [5.41, 5.74) is 3.48. The number of carbonyl (C=O) groups excluding carboxylic acids is 1. The van der Waals surface area contributed by atoms with E-state index in [0.29, 0.717) is 5.92 Å². The number of para-hydroxylation sites is 1. The minimum atomic E-state index is 0.0941. The zero-order valence-corrected chi connectivity index (χ0v) is 18.6. The average molecular weight is 408 g/mol. The van der Waals surface area contributed by atoms with Crippen molar-refractivity contribution in [2.75, 3.05) is 44.2 Å². The molecule has 30 heavy (non-hydrogen) atoms. The van der Waals surface area contributed by atoms with E-state index in [4.69, 9.17) is 0 Å². The van der Waals surface area contributed by atoms with Crippen molar-refractivity contribution in [3.63, 3.8) is 0 Å². The van der Waals surface area contributed by atoms with Gasteiger partial charge in [0.05, 0.1) is 0 Å². The number of nitrogens with zero attached hydrogens (tertiary/aromatic N) is 2. The molecule has 4 nitrogen and oxygen atoms in total. The first kappa shape index (κ1) is 22.4. The van der Waals surface area contributed by atoms with Gasteiger partial charge < -0.3 is 10.2 Å². The number of rotatable bonds is 9. The normalized spacial score (nSPS) is 20.2. The lowest BCUT2D eigenvalue weighted by Gasteiger charge is -2.36. The van der Waals surface area contributed by atoms with Crippen LogP contribution in [0.2, 0.25) is 0 Å². The van der Waals surface area contributed by atoms with Crippen molar-refractivity contribution in [2.45, 2.75) is 39.5 Å². The monoisotopic (exact) mass is 407 g/mol. The van der Waals surface area contributed by atoms with Gasteiger partial charge in [-0.05, 0) is 55.9 Å². The summed E-state index contributed by atoms with van der Waals surface area (Å²) >= 11 is 0. The summed E-state index contributed by atoms with van der Waals surface area (Å²) in [5, 5.41) is 3.13. The number of benzene rings is 1. The van der Waals surface area contributed by atoms with E-state index in [9.17, 15) is 4.79 Å². The van der Waals surface area contributed by atoms with Gasteiger partial charge in [0.25, 0.3) is 0 Å². The summed E-state index contributed by atoms with van der Waals surface area (Å²) < 4.78 is 0. The van der Waals surface area contributed by atoms with Crippen molar-refractivity contribution in [2.24, 2.45) is 5.92 Å². The molecule has 1 N–H and O–H groups in total. The molecule has 0 bridgehead atoms. The molecule has 3 rings (SSSR count). The van der Waals surface area contributed by atoms with E-state index in [2.05, 4.69) is 83.6 Å². The predicted octanol–water partition coefficient (Wildman–Crippen LogP) is 4.56. The summed E-state index contributed by atoms with van der Waals surface area (Å²) in [4.78, 5) is 17.6. The highest BCUT2D eigenvalue weighted by Crippen LogP contribution is 2.22. The molecule has 1 atom stereocenters. The number of hydrogen-bond donors (Lipinski definition) is 1. The third kappa shape index (κ3) is 6.60. The maximum atomic E-state index is 12.5. The third-order valence-corrected chi connectivity index (χ3v) is 6.18. The number of unbranched alkanes of at least 4 members (excludes halogenated alkanes) is 1. The Labute approximate surface area is 182 Å². The second-order valence-corrected chi connectivity index (χ2v) is 8.38. The number of nitrogens with one attached hydrogen (secondary N) is 1. The van der Waals surface area contributed by atoms with Crippen LogP contribution in [0.3, 0.4) is 0 Å². The summed E-state index contributed by atoms with van der Waals surface area (Å²) in [6.45, 7) is 10.6. The van der Waals surface area contributed by atoms with E-state index in [1.807, 2.05) is 0 Å². The van der Waals surface area contributed by atoms with Crippen LogP contribution in [0.4, 0.5) is 5.69 Å². The van der Waals surface area contributed by atoms with Crippen LogP contribution in [0.15, 0.2) is 65.8 Å². The smallest absolute Gasteiger partial charge is 0.247 e. The predicted molar refractivity (Wildman–Crippen MR) is 127 cm³/mol. The highest BCUT2D eigenvalue weighted by atomic mass is 16.1. The minimum Gasteiger partial charge on any atom is -0.369 e. The molecule has 1 aliphatic carbocycles. The standard InChI is InChI=1S/C26H37N3O/c1-3-23(21-24-12-8-7-11-22(24)2)26(30)27-15-9-10-16-28-17-19-29(20-18-28)25-13-5-4-6-14-25/h4-8,12-14,21-22H,3,9-11,15-20H2,1-2H3,(H,27,30)/b23-21+. The summed E-state index contributed by atoms with van der Waals surface area (Å²) in [6, 6.07) is 10.7. The molecule has 1 amide bonds. The van der Waals surface area contributed by atoms with Gasteiger partial charge >= 0.3 is 0 Å². The number of anilines is 1. The van der Waals surface area contributed by atoms with Gasteiger partial charge in [-0.1, -0.05) is 56.4 Å². The first-order valence-electron chi connectivity index (χ1n) is 11.5. The fourth-order valence-corrected chi connectivity index (χ4v) is 4.13. The van der Waals surface area contributed by atoms with Crippen molar-refractivity contribution in [3.05, 3.63) is 65.8 Å². The van der Waals surface area contributed by atoms with Crippen LogP contribution >= 0.6 is 0 Å². The summed E-state index contributed by atoms with van der Waals surface area (Å²) in [5.74, 6) is 0.586. The molecule has 1 saturated heterocycles. The quantitative estimate of drug-likeness (QED) is 0.481. The Morgan fingerprint density at radius 2 is 1.90 bits per heavy atom. The van der Waals surface area contributed by atoms with Gasteiger partial charge in [0.2, 0.25) is 5.91 Å². The average Bonchev–Trinajstić information content (AvgIpc) is 2.79. The van der Waals surface area contributed by atoms with Gasteiger partial charge in [-0.2, -0.15) is 0 Å². The molecule has 1 fully saturated rings. The topological polar surface area (TPSA) is 35.6 Å². The van der Waals surface area contributed by atoms with Gasteiger partial charge in [-0.3, -0.25) is 9.69 Å². The van der Waals surface area contributed by atoms with Gasteiger partial charge in [0.1, 0.15) is 0 Å². The molecule has 0 spiro atoms. The Balaban J connectivity index is 1.33. The maximum Gasteiger partial charge on any atom is 0.247 e. The Kier molecular flexibility index (Phi) is 8.76. The SMILES string of the molecule is CC/C(=C\C1=CC=CCC1C)C(=O)NCCCCN1CCN(c2ccccc2)CC1. The first-order chi connectivity index (χ1) is 14.7. The van der Waals surface area contributed by atoms with Crippen LogP contribution in [0.25, 0.3) is 0 Å². The third-order valence-electron chi connectivity index (χ3n) is 6.18. The summed E-state index contributed by atoms with van der Waals surface area (Å²) in [6.07, 6.45) is 12.5. The Morgan fingerprint density at radius 1 is 1.13 bits per heavy atom. The second kappa shape index (κ2) is 11.8. The fourth-order valence-electron chi connectivity index (χ4n) is 4.13. The molecule has 0 radical (unpaired) electrons. The maximum absolute atomic E-state index is 12.5. The summed E-state index contributed by atoms with van der Waals surface area (Å²) in [7, 11) is 0. The van der Waals surface area contributed by atoms with Crippen molar-refractivity contribution >= 4 is 11.6 Å². The lowest BCUT2D eigenvalue weighted by Crippen LogP contribution is -2.46.